The second kappa shape index (κ2) is 16.3. The molecule has 3 rings (SSSR count). The van der Waals surface area contributed by atoms with Crippen molar-refractivity contribution in [3.8, 4) is 0 Å². The molecule has 0 saturated heterocycles. The number of benzene rings is 2. The molecule has 0 aromatic heterocycles. The number of nitrogens with zero attached hydrogens (tertiary/aromatic N) is 2. The lowest BCUT2D eigenvalue weighted by molar-refractivity contribution is -0.442. The molecule has 0 saturated carbocycles. The maximum atomic E-state index is 7.09. The van der Waals surface area contributed by atoms with E-state index in [-0.39, 0.29) is 0 Å². The number of anilines is 1. The Morgan fingerprint density at radius 2 is 1.53 bits per heavy atom. The van der Waals surface area contributed by atoms with Crippen molar-refractivity contribution in [1.29, 1.82) is 0 Å². The van der Waals surface area contributed by atoms with Crippen LogP contribution in [0.2, 0.25) is 0 Å². The zero-order valence-electron chi connectivity index (χ0n) is 28.7. The van der Waals surface area contributed by atoms with Gasteiger partial charge in [-0.2, -0.15) is 4.58 Å². The average Bonchev–Trinajstić information content (AvgIpc) is 2.93. The second-order valence-electron chi connectivity index (χ2n) is 13.4. The quantitative estimate of drug-likeness (QED) is 0.174. The zero-order valence-corrected chi connectivity index (χ0v) is 29.4. The first kappa shape index (κ1) is 34.6. The molecule has 0 bridgehead atoms. The van der Waals surface area contributed by atoms with Crippen LogP contribution < -0.4 is 4.90 Å². The van der Waals surface area contributed by atoms with Crippen LogP contribution in [0, 0.1) is 39.5 Å². The van der Waals surface area contributed by atoms with Gasteiger partial charge in [-0.3, -0.25) is 0 Å². The molecule has 0 atom stereocenters. The first-order chi connectivity index (χ1) is 20.4. The Kier molecular flexibility index (Phi) is 13.1. The normalized spacial score (nSPS) is 16.2. The van der Waals surface area contributed by atoms with E-state index >= 15 is 0 Å². The molecule has 0 fully saturated rings. The minimum Gasteiger partial charge on any atom is -0.345 e. The topological polar surface area (TPSA) is 6.25 Å². The molecule has 2 aromatic rings. The third-order valence-corrected chi connectivity index (χ3v) is 8.99. The van der Waals surface area contributed by atoms with Crippen LogP contribution in [-0.2, 0) is 0 Å². The molecule has 0 amide bonds. The zero-order chi connectivity index (χ0) is 31.7. The van der Waals surface area contributed by atoms with Gasteiger partial charge in [-0.1, -0.05) is 80.8 Å². The molecule has 3 heteroatoms. The summed E-state index contributed by atoms with van der Waals surface area (Å²) >= 11 is 7.09. The predicted molar refractivity (Wildman–Crippen MR) is 191 cm³/mol. The van der Waals surface area contributed by atoms with Gasteiger partial charge in [0.2, 0.25) is 5.69 Å². The number of hydrogen-bond acceptors (Lipinski definition) is 1. The van der Waals surface area contributed by atoms with E-state index in [1.54, 1.807) is 0 Å². The third-order valence-electron chi connectivity index (χ3n) is 8.51. The highest BCUT2D eigenvalue weighted by atomic mass is 35.5. The number of allylic oxidation sites excluding steroid dienone is 8. The van der Waals surface area contributed by atoms with Crippen LogP contribution in [-0.4, -0.2) is 23.4 Å². The van der Waals surface area contributed by atoms with Gasteiger partial charge in [0.25, 0.3) is 0 Å². The van der Waals surface area contributed by atoms with Crippen molar-refractivity contribution in [2.75, 3.05) is 18.0 Å². The third kappa shape index (κ3) is 10.1. The van der Waals surface area contributed by atoms with Crippen molar-refractivity contribution in [1.82, 2.24) is 0 Å². The van der Waals surface area contributed by atoms with Crippen LogP contribution in [0.5, 0.6) is 0 Å². The van der Waals surface area contributed by atoms with Crippen molar-refractivity contribution in [2.24, 2.45) is 11.8 Å². The standard InChI is InChI=1S/C40H56ClN2/c1-28(2)22-24-42(38-20-14-30(5)26-32(38)7)34(9)16-18-36-12-11-13-37(40(36)41)19-17-35(10)43(25-23-29(3)4)39-21-15-31(6)27-33(39)8/h14-21,26-29H,11-13,22-25H2,1-10H3/q+1. The lowest BCUT2D eigenvalue weighted by atomic mass is 9.94. The minimum absolute atomic E-state index is 0.654. The van der Waals surface area contributed by atoms with E-state index in [2.05, 4.69) is 139 Å². The fourth-order valence-electron chi connectivity index (χ4n) is 5.80. The molecule has 1 aliphatic rings. The van der Waals surface area contributed by atoms with Crippen LogP contribution in [0.3, 0.4) is 0 Å². The summed E-state index contributed by atoms with van der Waals surface area (Å²) in [5.74, 6) is 1.31. The highest BCUT2D eigenvalue weighted by Gasteiger charge is 2.18. The molecule has 0 N–H and O–H groups in total. The Morgan fingerprint density at radius 1 is 0.884 bits per heavy atom. The second-order valence-corrected chi connectivity index (χ2v) is 13.8. The summed E-state index contributed by atoms with van der Waals surface area (Å²) in [6, 6.07) is 13.6. The average molecular weight is 600 g/mol. The highest BCUT2D eigenvalue weighted by molar-refractivity contribution is 6.32. The van der Waals surface area contributed by atoms with Crippen molar-refractivity contribution < 1.29 is 4.58 Å². The van der Waals surface area contributed by atoms with E-state index in [0.29, 0.717) is 11.8 Å². The van der Waals surface area contributed by atoms with Gasteiger partial charge in [0.05, 0.1) is 0 Å². The van der Waals surface area contributed by atoms with E-state index < -0.39 is 0 Å². The van der Waals surface area contributed by atoms with Gasteiger partial charge < -0.3 is 4.90 Å². The number of hydrogen-bond donors (Lipinski definition) is 0. The monoisotopic (exact) mass is 599 g/mol. The van der Waals surface area contributed by atoms with Crippen molar-refractivity contribution >= 4 is 28.7 Å². The highest BCUT2D eigenvalue weighted by Crippen LogP contribution is 2.34. The van der Waals surface area contributed by atoms with Crippen LogP contribution >= 0.6 is 11.6 Å². The first-order valence-electron chi connectivity index (χ1n) is 16.3. The van der Waals surface area contributed by atoms with Gasteiger partial charge >= 0.3 is 0 Å². The van der Waals surface area contributed by atoms with Crippen molar-refractivity contribution in [3.63, 3.8) is 0 Å². The summed E-state index contributed by atoms with van der Waals surface area (Å²) in [6.45, 7) is 24.4. The summed E-state index contributed by atoms with van der Waals surface area (Å²) < 4.78 is 2.48. The van der Waals surface area contributed by atoms with Crippen LogP contribution in [0.15, 0.2) is 82.6 Å². The summed E-state index contributed by atoms with van der Waals surface area (Å²) in [5, 5.41) is 0.917. The van der Waals surface area contributed by atoms with Gasteiger partial charge in [-0.15, -0.1) is 0 Å². The Labute approximate surface area is 268 Å². The van der Waals surface area contributed by atoms with Crippen LogP contribution in [0.4, 0.5) is 11.4 Å². The number of aryl methyl sites for hydroxylation is 4. The van der Waals surface area contributed by atoms with Crippen molar-refractivity contribution in [2.45, 2.75) is 101 Å². The molecule has 43 heavy (non-hydrogen) atoms. The number of rotatable bonds is 12. The molecule has 0 spiro atoms. The number of halogens is 1. The first-order valence-corrected chi connectivity index (χ1v) is 16.7. The molecule has 232 valence electrons. The fraction of sp³-hybridized carbons (Fsp3) is 0.475. The van der Waals surface area contributed by atoms with E-state index in [4.69, 9.17) is 11.6 Å². The van der Waals surface area contributed by atoms with E-state index in [0.717, 1.165) is 50.2 Å². The Balaban J connectivity index is 1.93. The Bertz CT molecular complexity index is 1410. The van der Waals surface area contributed by atoms with Crippen LogP contribution in [0.25, 0.3) is 0 Å². The van der Waals surface area contributed by atoms with Crippen LogP contribution in [0.1, 0.15) is 95.9 Å². The molecule has 0 unspecified atom stereocenters. The SMILES string of the molecule is CC(/C=C/C1=C(Cl)C(=C/C=C(\C)N(CCC(C)C)c2ccc(C)cc2C)/CCC1)=[N+](CCC(C)C)c1ccc(C)cc1C. The summed E-state index contributed by atoms with van der Waals surface area (Å²) in [4.78, 5) is 2.48. The largest absolute Gasteiger partial charge is 0.345 e. The van der Waals surface area contributed by atoms with E-state index in [1.807, 2.05) is 0 Å². The molecular weight excluding hydrogens is 544 g/mol. The predicted octanol–water partition coefficient (Wildman–Crippen LogP) is 11.7. The molecule has 0 radical (unpaired) electrons. The molecule has 1 aliphatic carbocycles. The van der Waals surface area contributed by atoms with Gasteiger partial charge in [-0.25, -0.2) is 0 Å². The lowest BCUT2D eigenvalue weighted by Crippen LogP contribution is -2.24. The molecule has 2 aromatic carbocycles. The molecule has 2 nitrogen and oxygen atoms in total. The van der Waals surface area contributed by atoms with Gasteiger partial charge in [0, 0.05) is 54.0 Å². The molecule has 0 heterocycles. The maximum Gasteiger partial charge on any atom is 0.208 e. The van der Waals surface area contributed by atoms with Gasteiger partial charge in [-0.05, 0) is 107 Å². The summed E-state index contributed by atoms with van der Waals surface area (Å²) in [6.07, 6.45) is 14.5. The Hall–Kier alpha value is -2.84. The van der Waals surface area contributed by atoms with Gasteiger partial charge in [0.15, 0.2) is 5.71 Å². The fourth-order valence-corrected chi connectivity index (χ4v) is 6.11. The van der Waals surface area contributed by atoms with E-state index in [1.165, 1.54) is 56.2 Å². The Morgan fingerprint density at radius 3 is 2.16 bits per heavy atom. The maximum absolute atomic E-state index is 7.09. The smallest absolute Gasteiger partial charge is 0.208 e. The lowest BCUT2D eigenvalue weighted by Gasteiger charge is -2.28. The van der Waals surface area contributed by atoms with E-state index in [9.17, 15) is 0 Å². The van der Waals surface area contributed by atoms with Crippen molar-refractivity contribution in [3.05, 3.63) is 105 Å². The minimum atomic E-state index is 0.654. The summed E-state index contributed by atoms with van der Waals surface area (Å²) in [5.41, 5.74) is 12.8. The summed E-state index contributed by atoms with van der Waals surface area (Å²) in [7, 11) is 0. The molecular formula is C40H56ClN2+. The van der Waals surface area contributed by atoms with Gasteiger partial charge in [0.1, 0.15) is 6.54 Å². The molecule has 0 aliphatic heterocycles.